The van der Waals surface area contributed by atoms with E-state index in [4.69, 9.17) is 0 Å². The summed E-state index contributed by atoms with van der Waals surface area (Å²) in [4.78, 5) is 1.82. The topological polar surface area (TPSA) is 32.1 Å². The van der Waals surface area contributed by atoms with Crippen LogP contribution in [0.1, 0.15) is 32.6 Å². The average molecular weight is 158 g/mol. The molecule has 0 aliphatic carbocycles. The van der Waals surface area contributed by atoms with Crippen LogP contribution in [0.15, 0.2) is 0 Å². The van der Waals surface area contributed by atoms with Gasteiger partial charge in [-0.3, -0.25) is 0 Å². The van der Waals surface area contributed by atoms with Crippen LogP contribution >= 0.6 is 0 Å². The monoisotopic (exact) mass is 158 g/mol. The van der Waals surface area contributed by atoms with Crippen LogP contribution in [0.2, 0.25) is 0 Å². The Hall–Kier alpha value is -0.0800. The molecule has 0 amide bonds. The van der Waals surface area contributed by atoms with Crippen LogP contribution < -0.4 is 10.6 Å². The van der Waals surface area contributed by atoms with E-state index in [0.717, 1.165) is 12.6 Å². The summed E-state index contributed by atoms with van der Waals surface area (Å²) in [6.45, 7) is 6.25. The molecule has 0 spiro atoms. The molecule has 0 radical (unpaired) electrons. The molecule has 4 N–H and O–H groups in total. The fourth-order valence-corrected chi connectivity index (χ4v) is 1.98. The first-order valence-corrected chi connectivity index (χ1v) is 4.98. The lowest BCUT2D eigenvalue weighted by Gasteiger charge is -2.29. The summed E-state index contributed by atoms with van der Waals surface area (Å²) < 4.78 is 0. The fourth-order valence-electron chi connectivity index (χ4n) is 1.98. The van der Waals surface area contributed by atoms with Gasteiger partial charge in [-0.25, -0.2) is 0 Å². The first-order valence-electron chi connectivity index (χ1n) is 4.98. The smallest absolute Gasteiger partial charge is 0.0846 e. The van der Waals surface area contributed by atoms with Crippen molar-refractivity contribution in [1.29, 1.82) is 0 Å². The van der Waals surface area contributed by atoms with Crippen molar-refractivity contribution in [2.75, 3.05) is 19.6 Å². The van der Waals surface area contributed by atoms with E-state index >= 15 is 0 Å². The summed E-state index contributed by atoms with van der Waals surface area (Å²) in [7, 11) is 0. The van der Waals surface area contributed by atoms with Gasteiger partial charge < -0.3 is 10.6 Å². The summed E-state index contributed by atoms with van der Waals surface area (Å²) in [5, 5.41) is 0. The highest BCUT2D eigenvalue weighted by Gasteiger charge is 2.20. The zero-order chi connectivity index (χ0) is 8.10. The van der Waals surface area contributed by atoms with Crippen molar-refractivity contribution in [3.05, 3.63) is 0 Å². The van der Waals surface area contributed by atoms with Gasteiger partial charge in [0.05, 0.1) is 25.7 Å². The molecule has 1 unspecified atom stereocenters. The second kappa shape index (κ2) is 4.73. The fraction of sp³-hybridized carbons (Fsp3) is 1.00. The normalized spacial score (nSPS) is 32.2. The minimum absolute atomic E-state index is 0.912. The predicted octanol–water partition coefficient (Wildman–Crippen LogP) is -0.924. The van der Waals surface area contributed by atoms with Gasteiger partial charge in [0, 0.05) is 6.42 Å². The zero-order valence-corrected chi connectivity index (χ0v) is 7.73. The van der Waals surface area contributed by atoms with E-state index in [1.165, 1.54) is 38.8 Å². The first kappa shape index (κ1) is 9.01. The van der Waals surface area contributed by atoms with E-state index in [9.17, 15) is 0 Å². The molecule has 1 heterocycles. The molecule has 2 atom stereocenters. The molecule has 1 aliphatic heterocycles. The van der Waals surface area contributed by atoms with Gasteiger partial charge in [0.2, 0.25) is 0 Å². The molecule has 2 nitrogen and oxygen atoms in total. The number of hydrogen-bond donors (Lipinski definition) is 2. The number of hydrogen-bond acceptors (Lipinski definition) is 0. The van der Waals surface area contributed by atoms with Crippen LogP contribution in [0.5, 0.6) is 0 Å². The number of rotatable bonds is 3. The molecule has 0 aromatic heterocycles. The molecule has 0 saturated carbocycles. The Kier molecular flexibility index (Phi) is 3.87. The molecule has 0 aromatic carbocycles. The lowest BCUT2D eigenvalue weighted by atomic mass is 10.0. The van der Waals surface area contributed by atoms with Crippen molar-refractivity contribution in [1.82, 2.24) is 0 Å². The van der Waals surface area contributed by atoms with Crippen LogP contribution in [0.25, 0.3) is 0 Å². The van der Waals surface area contributed by atoms with E-state index < -0.39 is 0 Å². The number of nitrogens with one attached hydrogen (secondary N) is 1. The van der Waals surface area contributed by atoms with Gasteiger partial charge in [-0.05, 0) is 26.2 Å². The maximum absolute atomic E-state index is 3.88. The second-order valence-corrected chi connectivity index (χ2v) is 3.76. The Morgan fingerprint density at radius 2 is 2.27 bits per heavy atom. The van der Waals surface area contributed by atoms with E-state index in [-0.39, 0.29) is 0 Å². The quantitative estimate of drug-likeness (QED) is 0.532. The van der Waals surface area contributed by atoms with Crippen molar-refractivity contribution < 1.29 is 10.6 Å². The summed E-state index contributed by atoms with van der Waals surface area (Å²) in [6, 6.07) is 0.912. The number of likely N-dealkylation sites (tertiary alicyclic amines) is 1. The summed E-state index contributed by atoms with van der Waals surface area (Å²) in [6.07, 6.45) is 5.64. The van der Waals surface area contributed by atoms with Gasteiger partial charge in [-0.2, -0.15) is 0 Å². The maximum Gasteiger partial charge on any atom is 0.0846 e. The molecular weight excluding hydrogens is 136 g/mol. The zero-order valence-electron chi connectivity index (χ0n) is 7.73. The third-order valence-corrected chi connectivity index (χ3v) is 2.83. The molecular formula is C9H22N2+2. The molecule has 0 bridgehead atoms. The van der Waals surface area contributed by atoms with Crippen LogP contribution in [-0.2, 0) is 0 Å². The van der Waals surface area contributed by atoms with Crippen molar-refractivity contribution in [2.24, 2.45) is 0 Å². The third-order valence-electron chi connectivity index (χ3n) is 2.83. The van der Waals surface area contributed by atoms with E-state index in [2.05, 4.69) is 12.7 Å². The molecule has 1 aliphatic rings. The molecule has 1 rings (SSSR count). The number of piperidine rings is 1. The largest absolute Gasteiger partial charge is 0.357 e. The standard InChI is InChI=1S/C9H20N2/c1-9-5-2-3-7-11(9)8-4-6-10/h9H,2-8,10H2,1H3/p+2/t9-/m0/s1. The first-order chi connectivity index (χ1) is 5.34. The Balaban J connectivity index is 2.18. The van der Waals surface area contributed by atoms with E-state index in [1.807, 2.05) is 4.90 Å². The lowest BCUT2D eigenvalue weighted by molar-refractivity contribution is -0.929. The van der Waals surface area contributed by atoms with Crippen molar-refractivity contribution in [2.45, 2.75) is 38.6 Å². The second-order valence-electron chi connectivity index (χ2n) is 3.76. The van der Waals surface area contributed by atoms with Gasteiger partial charge >= 0.3 is 0 Å². The highest BCUT2D eigenvalue weighted by atomic mass is 15.2. The molecule has 66 valence electrons. The Morgan fingerprint density at radius 1 is 1.45 bits per heavy atom. The van der Waals surface area contributed by atoms with Crippen molar-refractivity contribution in [3.63, 3.8) is 0 Å². The third kappa shape index (κ3) is 2.80. The highest BCUT2D eigenvalue weighted by Crippen LogP contribution is 2.01. The van der Waals surface area contributed by atoms with Gasteiger partial charge in [-0.1, -0.05) is 0 Å². The average Bonchev–Trinajstić information content (AvgIpc) is 2.03. The van der Waals surface area contributed by atoms with Crippen LogP contribution in [0, 0.1) is 0 Å². The Morgan fingerprint density at radius 3 is 2.91 bits per heavy atom. The van der Waals surface area contributed by atoms with Gasteiger partial charge in [-0.15, -0.1) is 0 Å². The summed E-state index contributed by atoms with van der Waals surface area (Å²) in [5.74, 6) is 0. The van der Waals surface area contributed by atoms with Gasteiger partial charge in [0.1, 0.15) is 0 Å². The maximum atomic E-state index is 3.88. The number of quaternary nitrogens is 2. The van der Waals surface area contributed by atoms with E-state index in [0.29, 0.717) is 0 Å². The molecule has 0 aromatic rings. The van der Waals surface area contributed by atoms with Crippen molar-refractivity contribution in [3.8, 4) is 0 Å². The Bertz CT molecular complexity index is 104. The van der Waals surface area contributed by atoms with E-state index in [1.54, 1.807) is 0 Å². The highest BCUT2D eigenvalue weighted by molar-refractivity contribution is 4.55. The van der Waals surface area contributed by atoms with Crippen LogP contribution in [0.3, 0.4) is 0 Å². The summed E-state index contributed by atoms with van der Waals surface area (Å²) >= 11 is 0. The van der Waals surface area contributed by atoms with Crippen LogP contribution in [-0.4, -0.2) is 25.7 Å². The van der Waals surface area contributed by atoms with Crippen molar-refractivity contribution >= 4 is 0 Å². The summed E-state index contributed by atoms with van der Waals surface area (Å²) in [5.41, 5.74) is 3.88. The minimum Gasteiger partial charge on any atom is -0.357 e. The minimum atomic E-state index is 0.912. The lowest BCUT2D eigenvalue weighted by Crippen LogP contribution is -3.16. The van der Waals surface area contributed by atoms with Crippen LogP contribution in [0.4, 0.5) is 0 Å². The Labute approximate surface area is 69.8 Å². The molecule has 2 heteroatoms. The SMILES string of the molecule is C[C@H]1CCCC[NH+]1CCC[NH3+]. The van der Waals surface area contributed by atoms with Gasteiger partial charge in [0.25, 0.3) is 0 Å². The molecule has 1 fully saturated rings. The molecule has 11 heavy (non-hydrogen) atoms. The molecule has 1 saturated heterocycles. The van der Waals surface area contributed by atoms with Gasteiger partial charge in [0.15, 0.2) is 0 Å². The predicted molar refractivity (Wildman–Crippen MR) is 46.4 cm³/mol.